The molecule has 0 radical (unpaired) electrons. The van der Waals surface area contributed by atoms with E-state index >= 15 is 0 Å². The van der Waals surface area contributed by atoms with Gasteiger partial charge in [0.25, 0.3) is 7.45 Å². The molecule has 62 valence electrons. The van der Waals surface area contributed by atoms with Gasteiger partial charge in [0, 0.05) is 6.66 Å². The number of hydrogen-bond acceptors (Lipinski definition) is 2. The van der Waals surface area contributed by atoms with E-state index in [-0.39, 0.29) is 0 Å². The van der Waals surface area contributed by atoms with Crippen molar-refractivity contribution in [2.24, 2.45) is 0 Å². The maximum Gasteiger partial charge on any atom is 0.377 e. The summed E-state index contributed by atoms with van der Waals surface area (Å²) in [7, 11) is -9.28. The van der Waals surface area contributed by atoms with Crippen LogP contribution in [0.3, 0.4) is 0 Å². The van der Waals surface area contributed by atoms with Gasteiger partial charge in [-0.3, -0.25) is 9.13 Å². The number of hydrogen-bond donors (Lipinski definition) is 1. The first-order chi connectivity index (χ1) is 4.15. The van der Waals surface area contributed by atoms with Crippen LogP contribution >= 0.6 is 15.1 Å². The van der Waals surface area contributed by atoms with E-state index in [1.165, 1.54) is 0 Å². The fourth-order valence-corrected chi connectivity index (χ4v) is 2.29. The molecule has 0 aliphatic carbocycles. The fraction of sp³-hybridized carbons (Fsp3) is 1.00. The Bertz CT molecular complexity index is 182. The van der Waals surface area contributed by atoms with E-state index in [1.807, 2.05) is 0 Å². The quantitative estimate of drug-likeness (QED) is 0.683. The average molecular weight is 192 g/mol. The van der Waals surface area contributed by atoms with Gasteiger partial charge in [0.2, 0.25) is 0 Å². The summed E-state index contributed by atoms with van der Waals surface area (Å²) in [6.07, 6.45) is 0. The number of halogens is 2. The predicted octanol–water partition coefficient (Wildman–Crippen LogP) is 2.36. The molecule has 0 amide bonds. The summed E-state index contributed by atoms with van der Waals surface area (Å²) < 4.78 is 44.6. The Labute approximate surface area is 57.5 Å². The lowest BCUT2D eigenvalue weighted by atomic mass is 11.0. The molecule has 0 fully saturated rings. The van der Waals surface area contributed by atoms with Crippen LogP contribution in [0, 0.1) is 0 Å². The van der Waals surface area contributed by atoms with Crippen LogP contribution in [0.15, 0.2) is 0 Å². The second kappa shape index (κ2) is 2.72. The summed E-state index contributed by atoms with van der Waals surface area (Å²) >= 11 is 0. The Balaban J connectivity index is 4.56. The smallest absolute Gasteiger partial charge is 0.321 e. The summed E-state index contributed by atoms with van der Waals surface area (Å²) in [5, 5.41) is -1.90. The minimum Gasteiger partial charge on any atom is -0.321 e. The molecule has 3 atom stereocenters. The minimum atomic E-state index is -5.02. The van der Waals surface area contributed by atoms with Gasteiger partial charge in [0.15, 0.2) is 0 Å². The monoisotopic (exact) mass is 192 g/mol. The van der Waals surface area contributed by atoms with Gasteiger partial charge in [-0.05, 0) is 6.92 Å². The standard InChI is InChI=1S/C3H8F2O3P2/c1-3(9(2,4)6)10(5,7)8/h3H,1-2H3,(H,7,8). The maximum atomic E-state index is 12.3. The minimum absolute atomic E-state index is 0.625. The van der Waals surface area contributed by atoms with Crippen LogP contribution in [0.1, 0.15) is 6.92 Å². The van der Waals surface area contributed by atoms with Crippen LogP contribution in [0.5, 0.6) is 0 Å². The van der Waals surface area contributed by atoms with Gasteiger partial charge in [-0.1, -0.05) is 0 Å². The largest absolute Gasteiger partial charge is 0.377 e. The van der Waals surface area contributed by atoms with E-state index in [0.29, 0.717) is 6.66 Å². The Morgan fingerprint density at radius 3 is 1.70 bits per heavy atom. The Hall–Kier alpha value is 0.280. The third-order valence-corrected chi connectivity index (χ3v) is 5.48. The molecule has 0 aromatic heterocycles. The summed E-state index contributed by atoms with van der Waals surface area (Å²) in [5.74, 6) is 0. The van der Waals surface area contributed by atoms with Crippen molar-refractivity contribution in [3.05, 3.63) is 0 Å². The van der Waals surface area contributed by atoms with Crippen LogP contribution in [-0.4, -0.2) is 17.0 Å². The van der Waals surface area contributed by atoms with Crippen LogP contribution in [-0.2, 0) is 9.13 Å². The first-order valence-corrected chi connectivity index (χ1v) is 6.18. The van der Waals surface area contributed by atoms with Crippen molar-refractivity contribution in [1.29, 1.82) is 0 Å². The Morgan fingerprint density at radius 2 is 1.70 bits per heavy atom. The van der Waals surface area contributed by atoms with E-state index in [4.69, 9.17) is 4.89 Å². The highest BCUT2D eigenvalue weighted by molar-refractivity contribution is 7.73. The van der Waals surface area contributed by atoms with E-state index in [9.17, 15) is 17.5 Å². The van der Waals surface area contributed by atoms with Crippen molar-refractivity contribution >= 4 is 15.1 Å². The first kappa shape index (κ1) is 10.3. The molecule has 3 unspecified atom stereocenters. The molecular weight excluding hydrogens is 184 g/mol. The van der Waals surface area contributed by atoms with E-state index in [0.717, 1.165) is 6.92 Å². The SMILES string of the molecule is CC(P(C)(=O)F)P(=O)(O)F. The highest BCUT2D eigenvalue weighted by Crippen LogP contribution is 2.65. The van der Waals surface area contributed by atoms with Crippen molar-refractivity contribution in [2.75, 3.05) is 6.66 Å². The molecule has 0 aliphatic heterocycles. The predicted molar refractivity (Wildman–Crippen MR) is 35.0 cm³/mol. The molecule has 0 aromatic carbocycles. The van der Waals surface area contributed by atoms with Crippen molar-refractivity contribution < 1.29 is 22.4 Å². The summed E-state index contributed by atoms with van der Waals surface area (Å²) in [6.45, 7) is 1.43. The second-order valence-corrected chi connectivity index (χ2v) is 6.87. The van der Waals surface area contributed by atoms with Crippen LogP contribution in [0.2, 0.25) is 0 Å². The van der Waals surface area contributed by atoms with Crippen molar-refractivity contribution in [3.8, 4) is 0 Å². The third kappa shape index (κ3) is 2.91. The highest BCUT2D eigenvalue weighted by atomic mass is 31.3. The van der Waals surface area contributed by atoms with Gasteiger partial charge in [0.1, 0.15) is 5.40 Å². The maximum absolute atomic E-state index is 12.3. The van der Waals surface area contributed by atoms with E-state index < -0.39 is 20.5 Å². The normalized spacial score (nSPS) is 26.5. The molecule has 0 saturated carbocycles. The molecule has 1 N–H and O–H groups in total. The zero-order valence-corrected chi connectivity index (χ0v) is 7.28. The van der Waals surface area contributed by atoms with E-state index in [2.05, 4.69) is 0 Å². The molecule has 0 rings (SSSR count). The van der Waals surface area contributed by atoms with Gasteiger partial charge in [-0.2, -0.15) is 8.39 Å². The van der Waals surface area contributed by atoms with Crippen LogP contribution in [0.25, 0.3) is 0 Å². The van der Waals surface area contributed by atoms with Crippen molar-refractivity contribution in [2.45, 2.75) is 12.3 Å². The Kier molecular flexibility index (Phi) is 2.80. The average Bonchev–Trinajstić information content (AvgIpc) is 1.59. The molecule has 0 spiro atoms. The highest BCUT2D eigenvalue weighted by Gasteiger charge is 2.39. The Morgan fingerprint density at radius 1 is 1.40 bits per heavy atom. The molecule has 0 saturated heterocycles. The molecule has 10 heavy (non-hydrogen) atoms. The summed E-state index contributed by atoms with van der Waals surface area (Å²) in [6, 6.07) is 0. The molecule has 7 heteroatoms. The lowest BCUT2D eigenvalue weighted by Crippen LogP contribution is -1.96. The molecule has 0 bridgehead atoms. The van der Waals surface area contributed by atoms with Gasteiger partial charge in [-0.15, -0.1) is 0 Å². The lowest BCUT2D eigenvalue weighted by molar-refractivity contribution is 0.423. The molecule has 3 nitrogen and oxygen atoms in total. The molecule has 0 aliphatic rings. The summed E-state index contributed by atoms with van der Waals surface area (Å²) in [4.78, 5) is 8.10. The van der Waals surface area contributed by atoms with Crippen LogP contribution < -0.4 is 0 Å². The van der Waals surface area contributed by atoms with Crippen molar-refractivity contribution in [1.82, 2.24) is 0 Å². The van der Waals surface area contributed by atoms with Crippen molar-refractivity contribution in [3.63, 3.8) is 0 Å². The molecular formula is C3H8F2O3P2. The van der Waals surface area contributed by atoms with Crippen LogP contribution in [0.4, 0.5) is 8.39 Å². The zero-order chi connectivity index (χ0) is 8.58. The number of rotatable bonds is 2. The third-order valence-electron chi connectivity index (χ3n) is 1.13. The second-order valence-electron chi connectivity index (χ2n) is 2.06. The lowest BCUT2D eigenvalue weighted by Gasteiger charge is -2.11. The first-order valence-electron chi connectivity index (χ1n) is 2.44. The fourth-order valence-electron chi connectivity index (χ4n) is 0.254. The molecule has 0 aromatic rings. The topological polar surface area (TPSA) is 54.4 Å². The molecule has 0 heterocycles. The van der Waals surface area contributed by atoms with Gasteiger partial charge in [-0.25, -0.2) is 0 Å². The van der Waals surface area contributed by atoms with Gasteiger partial charge in [0.05, 0.1) is 0 Å². The zero-order valence-electron chi connectivity index (χ0n) is 5.49. The van der Waals surface area contributed by atoms with Gasteiger partial charge >= 0.3 is 7.68 Å². The van der Waals surface area contributed by atoms with Gasteiger partial charge < -0.3 is 4.89 Å². The van der Waals surface area contributed by atoms with E-state index in [1.54, 1.807) is 0 Å². The summed E-state index contributed by atoms with van der Waals surface area (Å²) in [5.41, 5.74) is 0.